The van der Waals surface area contributed by atoms with Gasteiger partial charge in [0.1, 0.15) is 25.7 Å². The molecule has 4 heterocycles. The zero-order valence-electron chi connectivity index (χ0n) is 24.9. The van der Waals surface area contributed by atoms with Crippen LogP contribution in [0.4, 0.5) is 0 Å². The van der Waals surface area contributed by atoms with E-state index in [1.54, 1.807) is 0 Å². The van der Waals surface area contributed by atoms with Crippen LogP contribution < -0.4 is 22.5 Å². The van der Waals surface area contributed by atoms with Gasteiger partial charge in [-0.05, 0) is 24.9 Å². The van der Waals surface area contributed by atoms with Gasteiger partial charge in [-0.3, -0.25) is 28.7 Å². The van der Waals surface area contributed by atoms with E-state index in [0.29, 0.717) is 0 Å². The van der Waals surface area contributed by atoms with Crippen LogP contribution in [0.15, 0.2) is 41.8 Å². The molecule has 4 rings (SSSR count). The molecule has 10 atom stereocenters. The molecule has 0 radical (unpaired) electrons. The number of aromatic amines is 2. The molecule has 2 fully saturated rings. The molecule has 0 bridgehead atoms. The van der Waals surface area contributed by atoms with E-state index in [2.05, 4.69) is 43.0 Å². The van der Waals surface area contributed by atoms with Crippen molar-refractivity contribution < 1.29 is 49.7 Å². The van der Waals surface area contributed by atoms with E-state index in [0.717, 1.165) is 9.13 Å². The zero-order valence-corrected chi connectivity index (χ0v) is 28.5. The fraction of sp³-hybridized carbons (Fsp3) is 0.600. The molecule has 25 nitrogen and oxygen atoms in total. The zero-order chi connectivity index (χ0) is 35.8. The van der Waals surface area contributed by atoms with Crippen LogP contribution in [0, 0.1) is 13.8 Å². The van der Waals surface area contributed by atoms with Gasteiger partial charge in [0, 0.05) is 64.4 Å². The van der Waals surface area contributed by atoms with Crippen LogP contribution in [0.5, 0.6) is 0 Å². The lowest BCUT2D eigenvalue weighted by Gasteiger charge is -2.14. The Morgan fingerprint density at radius 3 is 1.47 bits per heavy atom. The summed E-state index contributed by atoms with van der Waals surface area (Å²) in [5, 5.41) is 7.12. The van der Waals surface area contributed by atoms with E-state index in [1.165, 1.54) is 26.2 Å². The number of aryl methyl sites for hydroxylation is 2. The molecule has 0 amide bonds. The van der Waals surface area contributed by atoms with Crippen LogP contribution in [0.2, 0.25) is 0 Å². The number of aromatic nitrogens is 4. The Morgan fingerprint density at radius 1 is 0.735 bits per heavy atom. The first-order chi connectivity index (χ1) is 23.3. The average molecular weight is 768 g/mol. The van der Waals surface area contributed by atoms with Crippen molar-refractivity contribution >= 4 is 33.0 Å². The Labute approximate surface area is 274 Å². The van der Waals surface area contributed by atoms with Gasteiger partial charge in [0.15, 0.2) is 12.9 Å². The average Bonchev–Trinajstić information content (AvgIpc) is 3.62. The number of nitrogens with one attached hydrogen (secondary N) is 2. The second-order valence-electron chi connectivity index (χ2n) is 9.96. The molecule has 2 aromatic heterocycles. The van der Waals surface area contributed by atoms with Crippen molar-refractivity contribution in [2.45, 2.75) is 63.4 Å². The highest BCUT2D eigenvalue weighted by Crippen LogP contribution is 2.51. The van der Waals surface area contributed by atoms with E-state index >= 15 is 0 Å². The lowest BCUT2D eigenvalue weighted by molar-refractivity contribution is -0.0226. The van der Waals surface area contributed by atoms with Crippen molar-refractivity contribution in [1.29, 1.82) is 0 Å². The van der Waals surface area contributed by atoms with E-state index in [4.69, 9.17) is 29.6 Å². The lowest BCUT2D eigenvalue weighted by Crippen LogP contribution is -2.33. The molecule has 2 saturated heterocycles. The van der Waals surface area contributed by atoms with Gasteiger partial charge in [-0.25, -0.2) is 9.59 Å². The second kappa shape index (κ2) is 17.2. The van der Waals surface area contributed by atoms with Crippen LogP contribution in [0.25, 0.3) is 20.9 Å². The number of H-pyrrole nitrogens is 2. The first-order valence-electron chi connectivity index (χ1n) is 13.5. The summed E-state index contributed by atoms with van der Waals surface area (Å²) < 4.78 is 85.1. The molecular formula is C20H24N10O15P4+4. The Balaban J connectivity index is 1.22. The highest BCUT2D eigenvalue weighted by atomic mass is 31.2. The van der Waals surface area contributed by atoms with Gasteiger partial charge < -0.3 is 9.47 Å². The smallest absolute Gasteiger partial charge is 0.352 e. The van der Waals surface area contributed by atoms with Gasteiger partial charge in [0.2, 0.25) is 0 Å². The highest BCUT2D eigenvalue weighted by molar-refractivity contribution is 7.56. The maximum absolute atomic E-state index is 12.2. The van der Waals surface area contributed by atoms with Crippen molar-refractivity contribution in [3.8, 4) is 0 Å². The minimum Gasteiger partial charge on any atom is -0.352 e. The number of rotatable bonds is 16. The summed E-state index contributed by atoms with van der Waals surface area (Å²) in [7, 11) is -13.4. The van der Waals surface area contributed by atoms with Crippen LogP contribution in [-0.4, -0.2) is 56.6 Å². The molecule has 2 aliphatic heterocycles. The monoisotopic (exact) mass is 768 g/mol. The predicted octanol–water partition coefficient (Wildman–Crippen LogP) is 3.35. The number of azide groups is 2. The largest absolute Gasteiger partial charge is 0.798 e. The summed E-state index contributed by atoms with van der Waals surface area (Å²) in [5.41, 5.74) is 15.4. The van der Waals surface area contributed by atoms with Crippen molar-refractivity contribution in [3.05, 3.63) is 86.1 Å². The summed E-state index contributed by atoms with van der Waals surface area (Å²) in [6.07, 6.45) is -1.68. The molecule has 0 spiro atoms. The molecule has 0 aliphatic carbocycles. The molecule has 4 unspecified atom stereocenters. The third-order valence-corrected chi connectivity index (χ3v) is 10.7. The molecule has 2 aromatic rings. The molecule has 0 aromatic carbocycles. The Hall–Kier alpha value is -3.90. The number of hydrogen-bond acceptors (Lipinski definition) is 17. The highest BCUT2D eigenvalue weighted by Gasteiger charge is 2.55. The number of hydrogen-bond donors (Lipinski definition) is 2. The van der Waals surface area contributed by atoms with Gasteiger partial charge in [0.25, 0.3) is 11.1 Å². The molecule has 2 aliphatic rings. The normalized spacial score (nSPS) is 24.4. The van der Waals surface area contributed by atoms with Gasteiger partial charge in [0.05, 0.1) is 24.3 Å². The van der Waals surface area contributed by atoms with E-state index in [1.807, 2.05) is 0 Å². The molecule has 0 saturated carbocycles. The molecule has 2 N–H and O–H groups in total. The van der Waals surface area contributed by atoms with Gasteiger partial charge >= 0.3 is 44.4 Å². The summed E-state index contributed by atoms with van der Waals surface area (Å²) in [6.45, 7) is 1.79. The molecule has 260 valence electrons. The minimum absolute atomic E-state index is 0.0228. The third-order valence-electron chi connectivity index (χ3n) is 6.81. The van der Waals surface area contributed by atoms with Crippen molar-refractivity contribution in [2.75, 3.05) is 13.2 Å². The fourth-order valence-electron chi connectivity index (χ4n) is 4.56. The van der Waals surface area contributed by atoms with Crippen LogP contribution in [-0.2, 0) is 49.7 Å². The molecule has 49 heavy (non-hydrogen) atoms. The quantitative estimate of drug-likeness (QED) is 0.107. The summed E-state index contributed by atoms with van der Waals surface area (Å²) in [4.78, 5) is 57.3. The van der Waals surface area contributed by atoms with Crippen molar-refractivity contribution in [1.82, 2.24) is 19.1 Å². The lowest BCUT2D eigenvalue weighted by atomic mass is 10.1. The summed E-state index contributed by atoms with van der Waals surface area (Å²) in [6, 6.07) is -1.83. The second-order valence-corrected chi connectivity index (χ2v) is 14.2. The topological polar surface area (TPSA) is 340 Å². The molecule has 29 heteroatoms. The minimum atomic E-state index is -3.45. The summed E-state index contributed by atoms with van der Waals surface area (Å²) >= 11 is 0. The maximum atomic E-state index is 12.2. The van der Waals surface area contributed by atoms with Crippen molar-refractivity contribution in [3.63, 3.8) is 0 Å². The van der Waals surface area contributed by atoms with E-state index < -0.39 is 105 Å². The Bertz CT molecular complexity index is 1850. The standard InChI is InChI=1S/C20H22N10O15P4/c1-9-5-29(19(33)23-17(9)31)15-3-11(25-27-21)13(41-15)7-39-46(35)43-48(37)45-49(38)44-47(36)40-8-14-12(26-28-22)4-16(42-14)30-6-10(2)18(32)24-20(30)34/h5-6,11-16H,3-4,7-8H2,1-2H3/q+2/p+2/t11-,12+,13+,14-,15+,16-. The Morgan fingerprint density at radius 2 is 1.10 bits per heavy atom. The fourth-order valence-corrected chi connectivity index (χ4v) is 7.55. The maximum Gasteiger partial charge on any atom is 0.798 e. The predicted molar refractivity (Wildman–Crippen MR) is 161 cm³/mol. The van der Waals surface area contributed by atoms with Gasteiger partial charge in [-0.1, -0.05) is 10.2 Å². The SMILES string of the molecule is Cc1cn([C@@H]2C[C@@H](N=[N+]=[N-])[C@H](CO[P+](=O)O[P+](=O)O[P+](=O)O[P+](=O)OC[C@H]3O[C@@H](n4cc(C)c(=O)[nH]c4=O)C[C@@H]3N=[N+]=[N-])O2)c(=O)[nH]c1=O. The Kier molecular flexibility index (Phi) is 13.3. The number of ether oxygens (including phenoxy) is 2. The first kappa shape index (κ1) is 37.9. The third kappa shape index (κ3) is 10.1. The van der Waals surface area contributed by atoms with E-state index in [9.17, 15) is 37.4 Å². The molecular weight excluding hydrogens is 744 g/mol. The van der Waals surface area contributed by atoms with Crippen LogP contribution in [0.3, 0.4) is 0 Å². The summed E-state index contributed by atoms with van der Waals surface area (Å²) in [5.74, 6) is 0. The van der Waals surface area contributed by atoms with Crippen molar-refractivity contribution in [2.24, 2.45) is 10.2 Å². The van der Waals surface area contributed by atoms with Crippen LogP contribution in [0.1, 0.15) is 36.4 Å². The van der Waals surface area contributed by atoms with Crippen LogP contribution >= 0.6 is 33.0 Å². The van der Waals surface area contributed by atoms with E-state index in [-0.39, 0.29) is 24.0 Å². The number of nitrogens with zero attached hydrogens (tertiary/aromatic N) is 8. The van der Waals surface area contributed by atoms with Gasteiger partial charge in [-0.15, -0.1) is 9.05 Å². The first-order valence-corrected chi connectivity index (χ1v) is 17.9. The van der Waals surface area contributed by atoms with Gasteiger partial charge in [-0.2, -0.15) is 0 Å².